The molecule has 1 aromatic rings. The lowest BCUT2D eigenvalue weighted by molar-refractivity contribution is -0.127. The molecule has 128 valence electrons. The van der Waals surface area contributed by atoms with Crippen LogP contribution in [0, 0.1) is 5.41 Å². The zero-order chi connectivity index (χ0) is 17.2. The Bertz CT molecular complexity index is 644. The van der Waals surface area contributed by atoms with E-state index in [4.69, 9.17) is 0 Å². The maximum absolute atomic E-state index is 12.4. The highest BCUT2D eigenvalue weighted by Gasteiger charge is 2.45. The quantitative estimate of drug-likeness (QED) is 0.795. The van der Waals surface area contributed by atoms with E-state index in [0.717, 1.165) is 19.4 Å². The van der Waals surface area contributed by atoms with Crippen LogP contribution in [0.25, 0.3) is 0 Å². The highest BCUT2D eigenvalue weighted by Crippen LogP contribution is 2.41. The molecule has 2 fully saturated rings. The van der Waals surface area contributed by atoms with E-state index >= 15 is 0 Å². The SMILES string of the molecule is CC(C)=CCN1CC2(CCN(C(=O)c3cnccn3)CC2)CC1=O. The van der Waals surface area contributed by atoms with E-state index < -0.39 is 0 Å². The second-order valence-electron chi connectivity index (χ2n) is 7.12. The van der Waals surface area contributed by atoms with Gasteiger partial charge in [0.1, 0.15) is 5.69 Å². The van der Waals surface area contributed by atoms with Gasteiger partial charge in [-0.3, -0.25) is 14.6 Å². The maximum atomic E-state index is 12.4. The molecule has 0 aliphatic carbocycles. The molecule has 1 spiro atoms. The molecule has 0 saturated carbocycles. The van der Waals surface area contributed by atoms with Gasteiger partial charge in [0, 0.05) is 50.4 Å². The Hall–Kier alpha value is -2.24. The van der Waals surface area contributed by atoms with E-state index in [9.17, 15) is 9.59 Å². The summed E-state index contributed by atoms with van der Waals surface area (Å²) in [6.07, 6.45) is 9.06. The van der Waals surface area contributed by atoms with Crippen molar-refractivity contribution in [2.75, 3.05) is 26.2 Å². The fraction of sp³-hybridized carbons (Fsp3) is 0.556. The number of rotatable bonds is 3. The van der Waals surface area contributed by atoms with Gasteiger partial charge in [0.15, 0.2) is 0 Å². The van der Waals surface area contributed by atoms with Gasteiger partial charge in [0.05, 0.1) is 6.20 Å². The highest BCUT2D eigenvalue weighted by atomic mass is 16.2. The number of piperidine rings is 1. The van der Waals surface area contributed by atoms with E-state index in [1.54, 1.807) is 6.20 Å². The van der Waals surface area contributed by atoms with Crippen LogP contribution in [0.1, 0.15) is 43.6 Å². The van der Waals surface area contributed by atoms with Gasteiger partial charge < -0.3 is 9.80 Å². The fourth-order valence-corrected chi connectivity index (χ4v) is 3.53. The van der Waals surface area contributed by atoms with E-state index in [1.807, 2.05) is 23.6 Å². The summed E-state index contributed by atoms with van der Waals surface area (Å²) in [4.78, 5) is 36.6. The summed E-state index contributed by atoms with van der Waals surface area (Å²) in [6.45, 7) is 6.96. The minimum Gasteiger partial charge on any atom is -0.338 e. The van der Waals surface area contributed by atoms with E-state index in [2.05, 4.69) is 16.0 Å². The first-order valence-corrected chi connectivity index (χ1v) is 8.46. The van der Waals surface area contributed by atoms with Crippen LogP contribution in [0.3, 0.4) is 0 Å². The van der Waals surface area contributed by atoms with Crippen molar-refractivity contribution >= 4 is 11.8 Å². The van der Waals surface area contributed by atoms with Crippen molar-refractivity contribution in [3.8, 4) is 0 Å². The number of hydrogen-bond donors (Lipinski definition) is 0. The summed E-state index contributed by atoms with van der Waals surface area (Å²) in [6, 6.07) is 0. The van der Waals surface area contributed by atoms with Gasteiger partial charge in [0.2, 0.25) is 5.91 Å². The summed E-state index contributed by atoms with van der Waals surface area (Å²) in [5.41, 5.74) is 1.65. The average Bonchev–Trinajstić information content (AvgIpc) is 2.89. The molecule has 2 aliphatic rings. The molecule has 2 saturated heterocycles. The predicted molar refractivity (Wildman–Crippen MR) is 90.2 cm³/mol. The van der Waals surface area contributed by atoms with Crippen molar-refractivity contribution in [3.63, 3.8) is 0 Å². The summed E-state index contributed by atoms with van der Waals surface area (Å²) in [5.74, 6) is 0.171. The largest absolute Gasteiger partial charge is 0.338 e. The molecule has 3 rings (SSSR count). The first-order valence-electron chi connectivity index (χ1n) is 8.46. The number of aromatic nitrogens is 2. The monoisotopic (exact) mass is 328 g/mol. The van der Waals surface area contributed by atoms with Gasteiger partial charge in [-0.1, -0.05) is 11.6 Å². The van der Waals surface area contributed by atoms with Crippen LogP contribution in [0.2, 0.25) is 0 Å². The highest BCUT2D eigenvalue weighted by molar-refractivity contribution is 5.92. The van der Waals surface area contributed by atoms with Gasteiger partial charge in [-0.15, -0.1) is 0 Å². The van der Waals surface area contributed by atoms with E-state index in [1.165, 1.54) is 18.0 Å². The summed E-state index contributed by atoms with van der Waals surface area (Å²) in [5, 5.41) is 0. The average molecular weight is 328 g/mol. The van der Waals surface area contributed by atoms with E-state index in [0.29, 0.717) is 31.7 Å². The Morgan fingerprint density at radius 3 is 2.67 bits per heavy atom. The molecule has 0 atom stereocenters. The molecule has 3 heterocycles. The molecule has 0 aromatic carbocycles. The first kappa shape index (κ1) is 16.6. The number of allylic oxidation sites excluding steroid dienone is 1. The molecule has 0 radical (unpaired) electrons. The van der Waals surface area contributed by atoms with Crippen LogP contribution in [-0.2, 0) is 4.79 Å². The number of amides is 2. The first-order chi connectivity index (χ1) is 11.5. The van der Waals surface area contributed by atoms with Crippen molar-refractivity contribution in [3.05, 3.63) is 35.9 Å². The lowest BCUT2D eigenvalue weighted by Crippen LogP contribution is -2.44. The third-order valence-corrected chi connectivity index (χ3v) is 5.02. The van der Waals surface area contributed by atoms with E-state index in [-0.39, 0.29) is 17.2 Å². The van der Waals surface area contributed by atoms with Gasteiger partial charge in [-0.05, 0) is 26.7 Å². The Morgan fingerprint density at radius 2 is 2.04 bits per heavy atom. The standard InChI is InChI=1S/C18H24N4O2/c1-14(2)3-8-22-13-18(11-16(22)23)4-9-21(10-5-18)17(24)15-12-19-6-7-20-15/h3,6-7,12H,4-5,8-11,13H2,1-2H3. The van der Waals surface area contributed by atoms with Gasteiger partial charge in [-0.2, -0.15) is 0 Å². The minimum absolute atomic E-state index is 0.0334. The third kappa shape index (κ3) is 3.47. The molecular formula is C18H24N4O2. The van der Waals surface area contributed by atoms with Crippen molar-refractivity contribution in [1.29, 1.82) is 0 Å². The Balaban J connectivity index is 1.60. The third-order valence-electron chi connectivity index (χ3n) is 5.02. The van der Waals surface area contributed by atoms with Gasteiger partial charge in [-0.25, -0.2) is 4.98 Å². The van der Waals surface area contributed by atoms with Crippen LogP contribution >= 0.6 is 0 Å². The molecular weight excluding hydrogens is 304 g/mol. The van der Waals surface area contributed by atoms with Gasteiger partial charge >= 0.3 is 0 Å². The van der Waals surface area contributed by atoms with Crippen LogP contribution in [0.15, 0.2) is 30.2 Å². The lowest BCUT2D eigenvalue weighted by atomic mass is 9.77. The van der Waals surface area contributed by atoms with Crippen LogP contribution in [-0.4, -0.2) is 57.8 Å². The normalized spacial score (nSPS) is 19.7. The van der Waals surface area contributed by atoms with Crippen molar-refractivity contribution in [1.82, 2.24) is 19.8 Å². The van der Waals surface area contributed by atoms with Crippen molar-refractivity contribution in [2.24, 2.45) is 5.41 Å². The second-order valence-corrected chi connectivity index (χ2v) is 7.12. The number of hydrogen-bond acceptors (Lipinski definition) is 4. The van der Waals surface area contributed by atoms with Crippen LogP contribution in [0.4, 0.5) is 0 Å². The lowest BCUT2D eigenvalue weighted by Gasteiger charge is -2.38. The maximum Gasteiger partial charge on any atom is 0.274 e. The molecule has 0 bridgehead atoms. The molecule has 24 heavy (non-hydrogen) atoms. The number of nitrogens with zero attached hydrogens (tertiary/aromatic N) is 4. The number of carbonyl (C=O) groups is 2. The minimum atomic E-state index is -0.0660. The Kier molecular flexibility index (Phi) is 4.64. The van der Waals surface area contributed by atoms with Crippen LogP contribution in [0.5, 0.6) is 0 Å². The second kappa shape index (κ2) is 6.71. The smallest absolute Gasteiger partial charge is 0.274 e. The Morgan fingerprint density at radius 1 is 1.29 bits per heavy atom. The van der Waals surface area contributed by atoms with Gasteiger partial charge in [0.25, 0.3) is 5.91 Å². The summed E-state index contributed by atoms with van der Waals surface area (Å²) in [7, 11) is 0. The molecule has 0 unspecified atom stereocenters. The zero-order valence-electron chi connectivity index (χ0n) is 14.4. The summed E-state index contributed by atoms with van der Waals surface area (Å²) >= 11 is 0. The van der Waals surface area contributed by atoms with Crippen molar-refractivity contribution in [2.45, 2.75) is 33.1 Å². The molecule has 6 heteroatoms. The molecule has 2 aliphatic heterocycles. The molecule has 6 nitrogen and oxygen atoms in total. The topological polar surface area (TPSA) is 66.4 Å². The van der Waals surface area contributed by atoms with Crippen LogP contribution < -0.4 is 0 Å². The predicted octanol–water partition coefficient (Wildman–Crippen LogP) is 1.90. The fourth-order valence-electron chi connectivity index (χ4n) is 3.53. The number of carbonyl (C=O) groups excluding carboxylic acids is 2. The summed E-state index contributed by atoms with van der Waals surface area (Å²) < 4.78 is 0. The Labute approximate surface area is 142 Å². The number of likely N-dealkylation sites (tertiary alicyclic amines) is 2. The molecule has 1 aromatic heterocycles. The zero-order valence-corrected chi connectivity index (χ0v) is 14.4. The molecule has 0 N–H and O–H groups in total. The van der Waals surface area contributed by atoms with Crippen molar-refractivity contribution < 1.29 is 9.59 Å². The molecule has 2 amide bonds.